The minimum Gasteiger partial charge on any atom is -0.338 e. The molecule has 26 heavy (non-hydrogen) atoms. The zero-order chi connectivity index (χ0) is 18.4. The van der Waals surface area contributed by atoms with Crippen molar-refractivity contribution in [1.29, 1.82) is 5.26 Å². The van der Waals surface area contributed by atoms with Gasteiger partial charge in [0.15, 0.2) is 5.82 Å². The number of aromatic nitrogens is 2. The fourth-order valence-corrected chi connectivity index (χ4v) is 3.20. The molecule has 3 aromatic rings. The monoisotopic (exact) mass is 364 g/mol. The van der Waals surface area contributed by atoms with E-state index in [4.69, 9.17) is 9.78 Å². The Morgan fingerprint density at radius 2 is 2.00 bits per heavy atom. The molecule has 0 unspecified atom stereocenters. The maximum Gasteiger partial charge on any atom is 0.256 e. The molecule has 1 N–H and O–H groups in total. The van der Waals surface area contributed by atoms with Gasteiger partial charge >= 0.3 is 0 Å². The molecular weight excluding hydrogens is 348 g/mol. The van der Waals surface area contributed by atoms with Crippen molar-refractivity contribution in [3.63, 3.8) is 0 Å². The fourth-order valence-electron chi connectivity index (χ4n) is 2.31. The summed E-state index contributed by atoms with van der Waals surface area (Å²) in [5, 5.41) is 15.4. The molecule has 2 aromatic carbocycles. The quantitative estimate of drug-likeness (QED) is 0.665. The lowest BCUT2D eigenvalue weighted by Crippen LogP contribution is -2.13. The van der Waals surface area contributed by atoms with E-state index in [1.54, 1.807) is 25.1 Å². The minimum atomic E-state index is -0.192. The number of nitriles is 1. The summed E-state index contributed by atoms with van der Waals surface area (Å²) in [7, 11) is 0. The number of nitrogens with one attached hydrogen (secondary N) is 1. The maximum absolute atomic E-state index is 12.6. The maximum atomic E-state index is 12.6. The SMILES string of the molecule is Cc1noc(CSc2ccccc2C(=O)Nc2ccc(CC#N)cc2)n1. The van der Waals surface area contributed by atoms with Crippen LogP contribution in [0.25, 0.3) is 0 Å². The highest BCUT2D eigenvalue weighted by molar-refractivity contribution is 7.98. The summed E-state index contributed by atoms with van der Waals surface area (Å²) in [4.78, 5) is 17.6. The van der Waals surface area contributed by atoms with E-state index in [9.17, 15) is 4.79 Å². The molecule has 0 aliphatic rings. The average Bonchev–Trinajstić information content (AvgIpc) is 3.07. The Hall–Kier alpha value is -3.11. The largest absolute Gasteiger partial charge is 0.338 e. The molecule has 0 saturated carbocycles. The molecule has 0 bridgehead atoms. The van der Waals surface area contributed by atoms with Crippen molar-refractivity contribution in [2.24, 2.45) is 0 Å². The highest BCUT2D eigenvalue weighted by atomic mass is 32.2. The fraction of sp³-hybridized carbons (Fsp3) is 0.158. The van der Waals surface area contributed by atoms with E-state index >= 15 is 0 Å². The summed E-state index contributed by atoms with van der Waals surface area (Å²) in [5.74, 6) is 1.42. The van der Waals surface area contributed by atoms with Crippen molar-refractivity contribution in [2.75, 3.05) is 5.32 Å². The second-order valence-corrected chi connectivity index (χ2v) is 6.52. The van der Waals surface area contributed by atoms with E-state index in [2.05, 4.69) is 21.5 Å². The summed E-state index contributed by atoms with van der Waals surface area (Å²) in [6, 6.07) is 16.7. The van der Waals surface area contributed by atoms with E-state index in [1.807, 2.05) is 30.3 Å². The smallest absolute Gasteiger partial charge is 0.256 e. The van der Waals surface area contributed by atoms with Gasteiger partial charge in [0, 0.05) is 10.6 Å². The zero-order valence-electron chi connectivity index (χ0n) is 14.1. The Balaban J connectivity index is 1.69. The summed E-state index contributed by atoms with van der Waals surface area (Å²) in [6.07, 6.45) is 0.350. The van der Waals surface area contributed by atoms with E-state index in [0.717, 1.165) is 10.5 Å². The topological polar surface area (TPSA) is 91.8 Å². The van der Waals surface area contributed by atoms with Crippen LogP contribution in [-0.2, 0) is 12.2 Å². The van der Waals surface area contributed by atoms with Gasteiger partial charge in [0.1, 0.15) is 0 Å². The second-order valence-electron chi connectivity index (χ2n) is 5.51. The normalized spacial score (nSPS) is 10.3. The predicted molar refractivity (Wildman–Crippen MR) is 98.8 cm³/mol. The molecule has 6 nitrogen and oxygen atoms in total. The van der Waals surface area contributed by atoms with Crippen molar-refractivity contribution in [3.8, 4) is 6.07 Å². The number of nitrogens with zero attached hydrogens (tertiary/aromatic N) is 3. The highest BCUT2D eigenvalue weighted by Gasteiger charge is 2.13. The van der Waals surface area contributed by atoms with Gasteiger partial charge in [0.05, 0.1) is 23.8 Å². The number of aryl methyl sites for hydroxylation is 1. The molecule has 1 aromatic heterocycles. The molecule has 0 saturated heterocycles. The summed E-state index contributed by atoms with van der Waals surface area (Å²) in [6.45, 7) is 1.76. The molecule has 0 atom stereocenters. The van der Waals surface area contributed by atoms with Gasteiger partial charge in [-0.3, -0.25) is 4.79 Å². The number of rotatable bonds is 6. The average molecular weight is 364 g/mol. The molecule has 130 valence electrons. The van der Waals surface area contributed by atoms with Crippen LogP contribution in [0.3, 0.4) is 0 Å². The molecule has 0 aliphatic heterocycles. The van der Waals surface area contributed by atoms with Crippen LogP contribution < -0.4 is 5.32 Å². The van der Waals surface area contributed by atoms with Crippen molar-refractivity contribution >= 4 is 23.4 Å². The lowest BCUT2D eigenvalue weighted by Gasteiger charge is -2.09. The van der Waals surface area contributed by atoms with Gasteiger partial charge in [-0.05, 0) is 36.8 Å². The Morgan fingerprint density at radius 1 is 1.23 bits per heavy atom. The van der Waals surface area contributed by atoms with Crippen LogP contribution in [0.4, 0.5) is 5.69 Å². The van der Waals surface area contributed by atoms with Crippen LogP contribution in [0, 0.1) is 18.3 Å². The van der Waals surface area contributed by atoms with Gasteiger partial charge in [0.25, 0.3) is 5.91 Å². The van der Waals surface area contributed by atoms with Crippen molar-refractivity contribution in [3.05, 3.63) is 71.4 Å². The third kappa shape index (κ3) is 4.49. The van der Waals surface area contributed by atoms with E-state index < -0.39 is 0 Å². The standard InChI is InChI=1S/C19H16N4O2S/c1-13-21-18(25-23-13)12-26-17-5-3-2-4-16(17)19(24)22-15-8-6-14(7-9-15)10-11-20/h2-9H,10,12H2,1H3,(H,22,24). The molecular formula is C19H16N4O2S. The van der Waals surface area contributed by atoms with E-state index in [0.29, 0.717) is 35.1 Å². The summed E-state index contributed by atoms with van der Waals surface area (Å²) >= 11 is 1.47. The van der Waals surface area contributed by atoms with Crippen LogP contribution in [0.2, 0.25) is 0 Å². The molecule has 1 heterocycles. The third-order valence-electron chi connectivity index (χ3n) is 3.55. The Kier molecular flexibility index (Phi) is 5.66. The van der Waals surface area contributed by atoms with E-state index in [1.165, 1.54) is 11.8 Å². The van der Waals surface area contributed by atoms with Crippen LogP contribution in [-0.4, -0.2) is 16.0 Å². The lowest BCUT2D eigenvalue weighted by molar-refractivity contribution is 0.102. The highest BCUT2D eigenvalue weighted by Crippen LogP contribution is 2.26. The van der Waals surface area contributed by atoms with Gasteiger partial charge in [-0.25, -0.2) is 0 Å². The Labute approximate surface area is 155 Å². The van der Waals surface area contributed by atoms with Crippen molar-refractivity contribution in [2.45, 2.75) is 24.0 Å². The van der Waals surface area contributed by atoms with E-state index in [-0.39, 0.29) is 5.91 Å². The first-order chi connectivity index (χ1) is 12.7. The minimum absolute atomic E-state index is 0.192. The predicted octanol–water partition coefficient (Wildman–Crippen LogP) is 3.99. The molecule has 0 aliphatic carbocycles. The number of carbonyl (C=O) groups is 1. The molecule has 0 fully saturated rings. The lowest BCUT2D eigenvalue weighted by atomic mass is 10.1. The van der Waals surface area contributed by atoms with Gasteiger partial charge in [-0.15, -0.1) is 11.8 Å². The molecule has 0 radical (unpaired) electrons. The first-order valence-corrected chi connectivity index (χ1v) is 8.92. The number of hydrogen-bond acceptors (Lipinski definition) is 6. The van der Waals surface area contributed by atoms with Gasteiger partial charge < -0.3 is 9.84 Å². The number of anilines is 1. The zero-order valence-corrected chi connectivity index (χ0v) is 14.9. The van der Waals surface area contributed by atoms with Crippen molar-refractivity contribution < 1.29 is 9.32 Å². The van der Waals surface area contributed by atoms with Gasteiger partial charge in [0.2, 0.25) is 5.89 Å². The Morgan fingerprint density at radius 3 is 2.69 bits per heavy atom. The van der Waals surface area contributed by atoms with Crippen LogP contribution in [0.15, 0.2) is 57.9 Å². The number of hydrogen-bond donors (Lipinski definition) is 1. The summed E-state index contributed by atoms with van der Waals surface area (Å²) in [5.41, 5.74) is 2.18. The van der Waals surface area contributed by atoms with Crippen LogP contribution >= 0.6 is 11.8 Å². The summed E-state index contributed by atoms with van der Waals surface area (Å²) < 4.78 is 5.11. The number of amides is 1. The first kappa shape index (κ1) is 17.7. The number of thioether (sulfide) groups is 1. The second kappa shape index (κ2) is 8.32. The van der Waals surface area contributed by atoms with Gasteiger partial charge in [-0.2, -0.15) is 10.2 Å². The number of benzene rings is 2. The molecule has 0 spiro atoms. The van der Waals surface area contributed by atoms with Crippen LogP contribution in [0.5, 0.6) is 0 Å². The Bertz CT molecular complexity index is 945. The van der Waals surface area contributed by atoms with Crippen molar-refractivity contribution in [1.82, 2.24) is 10.1 Å². The molecule has 3 rings (SSSR count). The van der Waals surface area contributed by atoms with Gasteiger partial charge in [-0.1, -0.05) is 29.4 Å². The van der Waals surface area contributed by atoms with Crippen LogP contribution in [0.1, 0.15) is 27.6 Å². The third-order valence-corrected chi connectivity index (χ3v) is 4.61. The molecule has 1 amide bonds. The first-order valence-electron chi connectivity index (χ1n) is 7.94. The number of carbonyl (C=O) groups excluding carboxylic acids is 1. The molecule has 7 heteroatoms.